The first-order valence-electron chi connectivity index (χ1n) is 6.61. The molecule has 0 spiro atoms. The fourth-order valence-electron chi connectivity index (χ4n) is 2.78. The van der Waals surface area contributed by atoms with Gasteiger partial charge in [0.05, 0.1) is 5.41 Å². The summed E-state index contributed by atoms with van der Waals surface area (Å²) in [6, 6.07) is 2.28. The zero-order chi connectivity index (χ0) is 13.3. The van der Waals surface area contributed by atoms with Gasteiger partial charge in [-0.05, 0) is 44.7 Å². The number of rotatable bonds is 3. The number of nitrogens with two attached hydrogens (primary N) is 1. The molecule has 1 aliphatic carbocycles. The fraction of sp³-hybridized carbons (Fsp3) is 0.643. The molecule has 0 aromatic carbocycles. The van der Waals surface area contributed by atoms with Gasteiger partial charge in [-0.1, -0.05) is 0 Å². The Morgan fingerprint density at radius 3 is 3.00 bits per heavy atom. The summed E-state index contributed by atoms with van der Waals surface area (Å²) in [5.74, 6) is 0.0741. The third-order valence-electron chi connectivity index (χ3n) is 3.85. The predicted molar refractivity (Wildman–Crippen MR) is 72.1 cm³/mol. The van der Waals surface area contributed by atoms with Crippen LogP contribution in [0.3, 0.4) is 0 Å². The highest BCUT2D eigenvalue weighted by Crippen LogP contribution is 2.30. The Morgan fingerprint density at radius 1 is 1.61 bits per heavy atom. The number of nitrogens with zero attached hydrogens (tertiary/aromatic N) is 1. The lowest BCUT2D eigenvalue weighted by Crippen LogP contribution is -2.38. The largest absolute Gasteiger partial charge is 0.359 e. The second-order valence-corrected chi connectivity index (χ2v) is 5.81. The molecule has 0 fully saturated rings. The van der Waals surface area contributed by atoms with Gasteiger partial charge in [-0.3, -0.25) is 4.79 Å². The van der Waals surface area contributed by atoms with Gasteiger partial charge in [-0.25, -0.2) is 0 Å². The van der Waals surface area contributed by atoms with Gasteiger partial charge in [0.1, 0.15) is 0 Å². The Hall–Kier alpha value is -1.29. The summed E-state index contributed by atoms with van der Waals surface area (Å²) in [6.45, 7) is 4.65. The van der Waals surface area contributed by atoms with Crippen LogP contribution in [0.1, 0.15) is 44.0 Å². The smallest absolute Gasteiger partial charge is 0.227 e. The van der Waals surface area contributed by atoms with Crippen molar-refractivity contribution < 1.29 is 4.79 Å². The van der Waals surface area contributed by atoms with Gasteiger partial charge in [-0.15, -0.1) is 0 Å². The zero-order valence-corrected chi connectivity index (χ0v) is 11.5. The van der Waals surface area contributed by atoms with Crippen molar-refractivity contribution in [2.24, 2.45) is 11.1 Å². The molecule has 0 aliphatic heterocycles. The van der Waals surface area contributed by atoms with E-state index >= 15 is 0 Å². The van der Waals surface area contributed by atoms with Crippen molar-refractivity contribution in [1.82, 2.24) is 9.88 Å². The molecule has 1 unspecified atom stereocenters. The summed E-state index contributed by atoms with van der Waals surface area (Å²) >= 11 is 0. The molecule has 0 saturated carbocycles. The maximum absolute atomic E-state index is 11.8. The van der Waals surface area contributed by atoms with Gasteiger partial charge in [0.25, 0.3) is 0 Å². The van der Waals surface area contributed by atoms with Gasteiger partial charge < -0.3 is 15.6 Å². The van der Waals surface area contributed by atoms with Crippen LogP contribution in [0.5, 0.6) is 0 Å². The van der Waals surface area contributed by atoms with Gasteiger partial charge in [0.2, 0.25) is 5.91 Å². The van der Waals surface area contributed by atoms with Gasteiger partial charge in [0.15, 0.2) is 0 Å². The molecule has 2 rings (SSSR count). The number of hydrogen-bond donors (Lipinski definition) is 2. The monoisotopic (exact) mass is 249 g/mol. The number of carbonyl (C=O) groups is 1. The minimum Gasteiger partial charge on any atom is -0.359 e. The molecule has 4 nitrogen and oxygen atoms in total. The second kappa shape index (κ2) is 4.76. The van der Waals surface area contributed by atoms with Crippen molar-refractivity contribution in [3.05, 3.63) is 23.5 Å². The molecule has 1 heterocycles. The lowest BCUT2D eigenvalue weighted by atomic mass is 9.90. The number of fused-ring (bicyclic) bond motifs is 1. The first-order valence-corrected chi connectivity index (χ1v) is 6.61. The van der Waals surface area contributed by atoms with E-state index in [1.807, 2.05) is 13.8 Å². The molecule has 3 N–H and O–H groups in total. The average Bonchev–Trinajstić information content (AvgIpc) is 2.72. The first kappa shape index (κ1) is 13.1. The van der Waals surface area contributed by atoms with Crippen LogP contribution in [0.15, 0.2) is 12.3 Å². The minimum absolute atomic E-state index is 0.0741. The number of aromatic nitrogens is 1. The summed E-state index contributed by atoms with van der Waals surface area (Å²) in [7, 11) is 1.69. The highest BCUT2D eigenvalue weighted by molar-refractivity contribution is 5.81. The lowest BCUT2D eigenvalue weighted by Gasteiger charge is -2.27. The van der Waals surface area contributed by atoms with Crippen molar-refractivity contribution in [1.29, 1.82) is 0 Å². The van der Waals surface area contributed by atoms with Crippen LogP contribution in [0.4, 0.5) is 0 Å². The molecule has 100 valence electrons. The number of hydrogen-bond acceptors (Lipinski definition) is 2. The number of amides is 1. The summed E-state index contributed by atoms with van der Waals surface area (Å²) in [5, 5.41) is 2.73. The standard InChI is InChI=1S/C14H23N3O/c1-14(2,13(18)16-3)9-17-8-7-10-11(15)5-4-6-12(10)17/h7-8,11H,4-6,9,15H2,1-3H3,(H,16,18). The molecule has 1 amide bonds. The molecule has 0 saturated heterocycles. The molecule has 1 aromatic rings. The van der Waals surface area contributed by atoms with Gasteiger partial charge in [0, 0.05) is 31.5 Å². The Labute approximate surface area is 109 Å². The lowest BCUT2D eigenvalue weighted by molar-refractivity contribution is -0.129. The molecule has 0 bridgehead atoms. The van der Waals surface area contributed by atoms with Crippen LogP contribution in [-0.2, 0) is 17.8 Å². The maximum Gasteiger partial charge on any atom is 0.227 e. The number of nitrogens with one attached hydrogen (secondary N) is 1. The second-order valence-electron chi connectivity index (χ2n) is 5.81. The Kier molecular flexibility index (Phi) is 3.48. The van der Waals surface area contributed by atoms with Crippen LogP contribution in [0.2, 0.25) is 0 Å². The Bertz CT molecular complexity index is 448. The van der Waals surface area contributed by atoms with Crippen molar-refractivity contribution in [3.63, 3.8) is 0 Å². The molecule has 1 aromatic heterocycles. The first-order chi connectivity index (χ1) is 8.45. The van der Waals surface area contributed by atoms with E-state index in [-0.39, 0.29) is 11.9 Å². The van der Waals surface area contributed by atoms with E-state index in [4.69, 9.17) is 5.73 Å². The molecule has 18 heavy (non-hydrogen) atoms. The van der Waals surface area contributed by atoms with Crippen LogP contribution in [-0.4, -0.2) is 17.5 Å². The molecular weight excluding hydrogens is 226 g/mol. The van der Waals surface area contributed by atoms with E-state index < -0.39 is 5.41 Å². The van der Waals surface area contributed by atoms with Crippen LogP contribution < -0.4 is 11.1 Å². The normalized spacial score (nSPS) is 19.4. The zero-order valence-electron chi connectivity index (χ0n) is 11.5. The van der Waals surface area contributed by atoms with E-state index in [9.17, 15) is 4.79 Å². The summed E-state index contributed by atoms with van der Waals surface area (Å²) in [4.78, 5) is 11.8. The molecule has 4 heteroatoms. The average molecular weight is 249 g/mol. The topological polar surface area (TPSA) is 60.0 Å². The van der Waals surface area contributed by atoms with E-state index in [2.05, 4.69) is 22.1 Å². The summed E-state index contributed by atoms with van der Waals surface area (Å²) < 4.78 is 2.20. The van der Waals surface area contributed by atoms with Crippen molar-refractivity contribution >= 4 is 5.91 Å². The highest BCUT2D eigenvalue weighted by atomic mass is 16.2. The van der Waals surface area contributed by atoms with E-state index in [1.54, 1.807) is 7.05 Å². The summed E-state index contributed by atoms with van der Waals surface area (Å²) in [5.41, 5.74) is 8.29. The maximum atomic E-state index is 11.8. The minimum atomic E-state index is -0.400. The summed E-state index contributed by atoms with van der Waals surface area (Å²) in [6.07, 6.45) is 5.34. The van der Waals surface area contributed by atoms with Crippen molar-refractivity contribution in [3.8, 4) is 0 Å². The van der Waals surface area contributed by atoms with E-state index in [0.29, 0.717) is 6.54 Å². The van der Waals surface area contributed by atoms with E-state index in [1.165, 1.54) is 11.3 Å². The van der Waals surface area contributed by atoms with E-state index in [0.717, 1.165) is 19.3 Å². The number of carbonyl (C=O) groups excluding carboxylic acids is 1. The molecular formula is C14H23N3O. The van der Waals surface area contributed by atoms with Crippen molar-refractivity contribution in [2.75, 3.05) is 7.05 Å². The Balaban J connectivity index is 2.23. The molecule has 1 atom stereocenters. The SMILES string of the molecule is CNC(=O)C(C)(C)Cn1ccc2c1CCCC2N. The van der Waals surface area contributed by atoms with Crippen molar-refractivity contribution in [2.45, 2.75) is 45.7 Å². The predicted octanol–water partition coefficient (Wildman–Crippen LogP) is 1.60. The molecule has 0 radical (unpaired) electrons. The van der Waals surface area contributed by atoms with Gasteiger partial charge in [-0.2, -0.15) is 0 Å². The van der Waals surface area contributed by atoms with Crippen LogP contribution in [0.25, 0.3) is 0 Å². The third-order valence-corrected chi connectivity index (χ3v) is 3.85. The molecule has 1 aliphatic rings. The van der Waals surface area contributed by atoms with Gasteiger partial charge >= 0.3 is 0 Å². The third kappa shape index (κ3) is 2.29. The van der Waals surface area contributed by atoms with Crippen LogP contribution >= 0.6 is 0 Å². The quantitative estimate of drug-likeness (QED) is 0.854. The highest BCUT2D eigenvalue weighted by Gasteiger charge is 2.29. The fourth-order valence-corrected chi connectivity index (χ4v) is 2.78. The van der Waals surface area contributed by atoms with Crippen LogP contribution in [0, 0.1) is 5.41 Å². The Morgan fingerprint density at radius 2 is 2.33 bits per heavy atom.